The lowest BCUT2D eigenvalue weighted by Crippen LogP contribution is -2.36. The van der Waals surface area contributed by atoms with E-state index in [9.17, 15) is 0 Å². The van der Waals surface area contributed by atoms with Crippen LogP contribution in [0.15, 0.2) is 28.7 Å². The molecule has 3 N–H and O–H groups in total. The second-order valence-electron chi connectivity index (χ2n) is 5.25. The lowest BCUT2D eigenvalue weighted by molar-refractivity contribution is 0.398. The highest BCUT2D eigenvalue weighted by atomic mass is 79.9. The van der Waals surface area contributed by atoms with Gasteiger partial charge in [-0.15, -0.1) is 0 Å². The van der Waals surface area contributed by atoms with Crippen molar-refractivity contribution in [2.45, 2.75) is 44.6 Å². The van der Waals surface area contributed by atoms with Crippen molar-refractivity contribution in [1.82, 2.24) is 0 Å². The van der Waals surface area contributed by atoms with Crippen molar-refractivity contribution in [3.63, 3.8) is 0 Å². The third-order valence-corrected chi connectivity index (χ3v) is 4.39. The monoisotopic (exact) mass is 310 g/mol. The molecule has 3 heteroatoms. The third kappa shape index (κ3) is 3.99. The zero-order chi connectivity index (χ0) is 12.8. The van der Waals surface area contributed by atoms with E-state index in [1.165, 1.54) is 44.2 Å². The fourth-order valence-electron chi connectivity index (χ4n) is 2.87. The molecular formula is C15H23BrN2. The zero-order valence-electron chi connectivity index (χ0n) is 10.9. The van der Waals surface area contributed by atoms with E-state index in [-0.39, 0.29) is 0 Å². The predicted molar refractivity (Wildman–Crippen MR) is 81.8 cm³/mol. The van der Waals surface area contributed by atoms with E-state index >= 15 is 0 Å². The first-order chi connectivity index (χ1) is 8.79. The number of halogens is 1. The van der Waals surface area contributed by atoms with Crippen molar-refractivity contribution in [2.75, 3.05) is 11.9 Å². The van der Waals surface area contributed by atoms with E-state index < -0.39 is 0 Å². The highest BCUT2D eigenvalue weighted by Gasteiger charge is 2.21. The van der Waals surface area contributed by atoms with E-state index in [1.807, 2.05) is 6.07 Å². The first kappa shape index (κ1) is 13.9. The second-order valence-corrected chi connectivity index (χ2v) is 6.16. The molecule has 0 saturated heterocycles. The zero-order valence-corrected chi connectivity index (χ0v) is 12.5. The Morgan fingerprint density at radius 3 is 2.56 bits per heavy atom. The van der Waals surface area contributed by atoms with Gasteiger partial charge in [-0.05, 0) is 37.0 Å². The van der Waals surface area contributed by atoms with Gasteiger partial charge in [0.05, 0.1) is 0 Å². The Morgan fingerprint density at radius 1 is 1.22 bits per heavy atom. The van der Waals surface area contributed by atoms with Crippen LogP contribution in [-0.4, -0.2) is 12.6 Å². The molecule has 18 heavy (non-hydrogen) atoms. The molecule has 1 saturated carbocycles. The minimum absolute atomic E-state index is 0.414. The van der Waals surface area contributed by atoms with Gasteiger partial charge >= 0.3 is 0 Å². The predicted octanol–water partition coefficient (Wildman–Crippen LogP) is 4.16. The number of anilines is 1. The fraction of sp³-hybridized carbons (Fsp3) is 0.600. The Kier molecular flexibility index (Phi) is 5.51. The minimum atomic E-state index is 0.414. The van der Waals surface area contributed by atoms with Crippen molar-refractivity contribution in [3.05, 3.63) is 28.7 Å². The summed E-state index contributed by atoms with van der Waals surface area (Å²) in [5, 5.41) is 3.61. The standard InChI is InChI=1S/C15H23BrN2/c16-13-8-5-9-14(10-13)18-15(11-17)12-6-3-1-2-4-7-12/h5,8-10,12,15,18H,1-4,6-7,11,17H2. The summed E-state index contributed by atoms with van der Waals surface area (Å²) >= 11 is 3.51. The number of hydrogen-bond donors (Lipinski definition) is 2. The Labute approximate surface area is 118 Å². The van der Waals surface area contributed by atoms with Crippen LogP contribution in [0.5, 0.6) is 0 Å². The van der Waals surface area contributed by atoms with E-state index in [0.717, 1.165) is 16.9 Å². The molecule has 1 fully saturated rings. The average Bonchev–Trinajstić information content (AvgIpc) is 2.65. The maximum absolute atomic E-state index is 5.97. The summed E-state index contributed by atoms with van der Waals surface area (Å²) in [5.74, 6) is 0.733. The van der Waals surface area contributed by atoms with Gasteiger partial charge in [-0.1, -0.05) is 47.7 Å². The Balaban J connectivity index is 1.99. The van der Waals surface area contributed by atoms with Crippen LogP contribution in [-0.2, 0) is 0 Å². The van der Waals surface area contributed by atoms with E-state index in [2.05, 4.69) is 39.4 Å². The van der Waals surface area contributed by atoms with Gasteiger partial charge in [0, 0.05) is 22.7 Å². The molecule has 2 nitrogen and oxygen atoms in total. The minimum Gasteiger partial charge on any atom is -0.381 e. The molecule has 1 aliphatic carbocycles. The molecule has 0 heterocycles. The number of rotatable bonds is 4. The Bertz CT molecular complexity index is 359. The first-order valence-electron chi connectivity index (χ1n) is 7.02. The summed E-state index contributed by atoms with van der Waals surface area (Å²) in [4.78, 5) is 0. The number of nitrogens with one attached hydrogen (secondary N) is 1. The molecule has 1 unspecified atom stereocenters. The Hall–Kier alpha value is -0.540. The molecule has 0 radical (unpaired) electrons. The lowest BCUT2D eigenvalue weighted by atomic mass is 9.91. The maximum Gasteiger partial charge on any atom is 0.0411 e. The number of hydrogen-bond acceptors (Lipinski definition) is 2. The summed E-state index contributed by atoms with van der Waals surface area (Å²) in [6.07, 6.45) is 8.16. The van der Waals surface area contributed by atoms with Gasteiger partial charge in [-0.25, -0.2) is 0 Å². The molecule has 1 atom stereocenters. The summed E-state index contributed by atoms with van der Waals surface area (Å²) in [7, 11) is 0. The van der Waals surface area contributed by atoms with Crippen LogP contribution in [0.25, 0.3) is 0 Å². The maximum atomic E-state index is 5.97. The SMILES string of the molecule is NCC(Nc1cccc(Br)c1)C1CCCCCC1. The smallest absolute Gasteiger partial charge is 0.0411 e. The molecule has 0 aliphatic heterocycles. The van der Waals surface area contributed by atoms with Gasteiger partial charge in [-0.2, -0.15) is 0 Å². The third-order valence-electron chi connectivity index (χ3n) is 3.90. The topological polar surface area (TPSA) is 38.0 Å². The second kappa shape index (κ2) is 7.15. The van der Waals surface area contributed by atoms with Crippen molar-refractivity contribution >= 4 is 21.6 Å². The van der Waals surface area contributed by atoms with E-state index in [1.54, 1.807) is 0 Å². The largest absolute Gasteiger partial charge is 0.381 e. The van der Waals surface area contributed by atoms with E-state index in [0.29, 0.717) is 6.04 Å². The summed E-state index contributed by atoms with van der Waals surface area (Å²) in [6.45, 7) is 0.719. The van der Waals surface area contributed by atoms with Gasteiger partial charge in [0.1, 0.15) is 0 Å². The van der Waals surface area contributed by atoms with Crippen molar-refractivity contribution in [3.8, 4) is 0 Å². The molecule has 0 spiro atoms. The molecule has 1 aromatic rings. The average molecular weight is 311 g/mol. The van der Waals surface area contributed by atoms with Crippen LogP contribution in [0.2, 0.25) is 0 Å². The number of benzene rings is 1. The van der Waals surface area contributed by atoms with Crippen molar-refractivity contribution in [1.29, 1.82) is 0 Å². The van der Waals surface area contributed by atoms with Crippen LogP contribution in [0.3, 0.4) is 0 Å². The van der Waals surface area contributed by atoms with Gasteiger partial charge in [-0.3, -0.25) is 0 Å². The molecular weight excluding hydrogens is 288 g/mol. The molecule has 2 rings (SSSR count). The normalized spacial score (nSPS) is 19.2. The van der Waals surface area contributed by atoms with Crippen LogP contribution >= 0.6 is 15.9 Å². The van der Waals surface area contributed by atoms with Gasteiger partial charge in [0.15, 0.2) is 0 Å². The number of nitrogens with two attached hydrogens (primary N) is 1. The van der Waals surface area contributed by atoms with Gasteiger partial charge in [0.2, 0.25) is 0 Å². The summed E-state index contributed by atoms with van der Waals surface area (Å²) < 4.78 is 1.11. The van der Waals surface area contributed by atoms with Crippen LogP contribution in [0.1, 0.15) is 38.5 Å². The molecule has 0 bridgehead atoms. The Morgan fingerprint density at radius 2 is 1.94 bits per heavy atom. The van der Waals surface area contributed by atoms with Crippen molar-refractivity contribution < 1.29 is 0 Å². The van der Waals surface area contributed by atoms with Crippen LogP contribution < -0.4 is 11.1 Å². The molecule has 0 aromatic heterocycles. The van der Waals surface area contributed by atoms with E-state index in [4.69, 9.17) is 5.73 Å². The summed E-state index contributed by atoms with van der Waals surface area (Å²) in [6, 6.07) is 8.77. The molecule has 1 aliphatic rings. The molecule has 100 valence electrons. The summed E-state index contributed by atoms with van der Waals surface area (Å²) in [5.41, 5.74) is 7.14. The first-order valence-corrected chi connectivity index (χ1v) is 7.81. The fourth-order valence-corrected chi connectivity index (χ4v) is 3.27. The van der Waals surface area contributed by atoms with Gasteiger partial charge in [0.25, 0.3) is 0 Å². The van der Waals surface area contributed by atoms with Crippen molar-refractivity contribution in [2.24, 2.45) is 11.7 Å². The quantitative estimate of drug-likeness (QED) is 0.820. The lowest BCUT2D eigenvalue weighted by Gasteiger charge is -2.27. The van der Waals surface area contributed by atoms with Crippen LogP contribution in [0, 0.1) is 5.92 Å². The van der Waals surface area contributed by atoms with Gasteiger partial charge < -0.3 is 11.1 Å². The van der Waals surface area contributed by atoms with Crippen LogP contribution in [0.4, 0.5) is 5.69 Å². The highest BCUT2D eigenvalue weighted by Crippen LogP contribution is 2.27. The molecule has 0 amide bonds. The highest BCUT2D eigenvalue weighted by molar-refractivity contribution is 9.10. The molecule has 1 aromatic carbocycles.